The van der Waals surface area contributed by atoms with E-state index in [1.54, 1.807) is 16.9 Å². The van der Waals surface area contributed by atoms with Crippen LogP contribution >= 0.6 is 11.6 Å². The number of rotatable bonds is 2. The van der Waals surface area contributed by atoms with Gasteiger partial charge in [-0.25, -0.2) is 4.68 Å². The van der Waals surface area contributed by atoms with E-state index in [0.717, 1.165) is 12.2 Å². The number of hydrogen-bond donors (Lipinski definition) is 0. The number of likely N-dealkylation sites (N-methyl/N-ethyl adjacent to an activating group) is 1. The highest BCUT2D eigenvalue weighted by Gasteiger charge is 2.34. The Morgan fingerprint density at radius 2 is 2.16 bits per heavy atom. The van der Waals surface area contributed by atoms with Crippen LogP contribution in [-0.4, -0.2) is 71.4 Å². The molecule has 3 heterocycles. The Kier molecular flexibility index (Phi) is 4.50. The number of halogens is 1. The molecular weight excluding hydrogens is 340 g/mol. The van der Waals surface area contributed by atoms with Crippen molar-refractivity contribution in [3.05, 3.63) is 47.2 Å². The maximum absolute atomic E-state index is 13.2. The van der Waals surface area contributed by atoms with Crippen LogP contribution < -0.4 is 0 Å². The van der Waals surface area contributed by atoms with Gasteiger partial charge in [0, 0.05) is 37.9 Å². The van der Waals surface area contributed by atoms with Gasteiger partial charge in [-0.3, -0.25) is 9.69 Å². The van der Waals surface area contributed by atoms with Gasteiger partial charge in [0.1, 0.15) is 0 Å². The van der Waals surface area contributed by atoms with Gasteiger partial charge < -0.3 is 9.64 Å². The van der Waals surface area contributed by atoms with Crippen molar-refractivity contribution in [2.45, 2.75) is 6.04 Å². The van der Waals surface area contributed by atoms with Crippen LogP contribution in [0.25, 0.3) is 5.69 Å². The second-order valence-electron chi connectivity index (χ2n) is 6.82. The Balaban J connectivity index is 1.63. The fourth-order valence-corrected chi connectivity index (χ4v) is 3.83. The van der Waals surface area contributed by atoms with E-state index in [4.69, 9.17) is 16.3 Å². The summed E-state index contributed by atoms with van der Waals surface area (Å²) < 4.78 is 7.47. The van der Waals surface area contributed by atoms with Crippen LogP contribution in [0.2, 0.25) is 5.02 Å². The third-order valence-electron chi connectivity index (χ3n) is 4.98. The largest absolute Gasteiger partial charge is 0.379 e. The topological polar surface area (TPSA) is 50.6 Å². The average Bonchev–Trinajstić information content (AvgIpc) is 3.00. The lowest BCUT2D eigenvalue weighted by atomic mass is 10.1. The predicted octanol–water partition coefficient (Wildman–Crippen LogP) is 1.93. The zero-order valence-electron chi connectivity index (χ0n) is 14.1. The Bertz CT molecular complexity index is 764. The summed E-state index contributed by atoms with van der Waals surface area (Å²) in [6.07, 6.45) is 3.56. The van der Waals surface area contributed by atoms with Crippen LogP contribution in [0.3, 0.4) is 0 Å². The Labute approximate surface area is 151 Å². The van der Waals surface area contributed by atoms with Crippen LogP contribution in [0.1, 0.15) is 10.4 Å². The molecule has 2 atom stereocenters. The van der Waals surface area contributed by atoms with Gasteiger partial charge >= 0.3 is 0 Å². The molecule has 2 aromatic rings. The van der Waals surface area contributed by atoms with Gasteiger partial charge in [0.25, 0.3) is 5.91 Å². The minimum atomic E-state index is -0.0220. The first-order chi connectivity index (χ1) is 12.1. The number of nitrogens with zero attached hydrogens (tertiary/aromatic N) is 4. The molecule has 1 amide bonds. The molecule has 0 unspecified atom stereocenters. The van der Waals surface area contributed by atoms with E-state index in [1.807, 2.05) is 29.3 Å². The molecule has 2 aliphatic rings. The average molecular weight is 361 g/mol. The number of ether oxygens (including phenoxy) is 1. The van der Waals surface area contributed by atoms with Gasteiger partial charge in [-0.1, -0.05) is 11.6 Å². The molecule has 2 bridgehead atoms. The van der Waals surface area contributed by atoms with Gasteiger partial charge in [0.2, 0.25) is 0 Å². The lowest BCUT2D eigenvalue weighted by Crippen LogP contribution is -2.44. The van der Waals surface area contributed by atoms with Crippen LogP contribution in [-0.2, 0) is 4.74 Å². The van der Waals surface area contributed by atoms with E-state index in [0.29, 0.717) is 42.8 Å². The van der Waals surface area contributed by atoms with Gasteiger partial charge in [-0.2, -0.15) is 5.10 Å². The van der Waals surface area contributed by atoms with E-state index < -0.39 is 0 Å². The Morgan fingerprint density at radius 1 is 1.28 bits per heavy atom. The molecule has 0 saturated carbocycles. The molecule has 132 valence electrons. The van der Waals surface area contributed by atoms with E-state index in [-0.39, 0.29) is 11.9 Å². The van der Waals surface area contributed by atoms with Gasteiger partial charge in [0.15, 0.2) is 0 Å². The molecule has 2 saturated heterocycles. The fraction of sp³-hybridized carbons (Fsp3) is 0.444. The number of amides is 1. The standard InChI is InChI=1S/C18H21ClN4O2/c1-21-8-13-9-22(10-15(21)12-25-11-13)18(24)16-7-14(3-4-17(16)19)23-6-2-5-20-23/h2-7,13,15H,8-12H2,1H3/t13-,15+/m1/s1. The molecular formula is C18H21ClN4O2. The molecule has 0 aliphatic carbocycles. The summed E-state index contributed by atoms with van der Waals surface area (Å²) >= 11 is 6.35. The number of fused-ring (bicyclic) bond motifs is 3. The van der Waals surface area contributed by atoms with Crippen molar-refractivity contribution in [1.29, 1.82) is 0 Å². The third kappa shape index (κ3) is 3.29. The highest BCUT2D eigenvalue weighted by atomic mass is 35.5. The maximum atomic E-state index is 13.2. The number of benzene rings is 1. The normalized spacial score (nSPS) is 24.2. The highest BCUT2D eigenvalue weighted by molar-refractivity contribution is 6.33. The van der Waals surface area contributed by atoms with Crippen molar-refractivity contribution >= 4 is 17.5 Å². The molecule has 2 fully saturated rings. The molecule has 25 heavy (non-hydrogen) atoms. The van der Waals surface area contributed by atoms with Gasteiger partial charge in [-0.05, 0) is 31.3 Å². The number of aromatic nitrogens is 2. The summed E-state index contributed by atoms with van der Waals surface area (Å²) in [6, 6.07) is 7.52. The third-order valence-corrected chi connectivity index (χ3v) is 5.31. The number of hydrogen-bond acceptors (Lipinski definition) is 4. The molecule has 0 spiro atoms. The molecule has 1 aromatic carbocycles. The second kappa shape index (κ2) is 6.78. The van der Waals surface area contributed by atoms with Crippen LogP contribution in [0.15, 0.2) is 36.7 Å². The Morgan fingerprint density at radius 3 is 2.96 bits per heavy atom. The van der Waals surface area contributed by atoms with Crippen molar-refractivity contribution in [2.75, 3.05) is 39.9 Å². The molecule has 7 heteroatoms. The van der Waals surface area contributed by atoms with Crippen molar-refractivity contribution in [3.63, 3.8) is 0 Å². The SMILES string of the molecule is CN1C[C@H]2COC[C@@H]1CN(C(=O)c1cc(-n3cccn3)ccc1Cl)C2. The zero-order chi connectivity index (χ0) is 17.4. The van der Waals surface area contributed by atoms with Crippen molar-refractivity contribution in [1.82, 2.24) is 19.6 Å². The first-order valence-electron chi connectivity index (χ1n) is 8.48. The molecule has 0 N–H and O–H groups in total. The minimum Gasteiger partial charge on any atom is -0.379 e. The lowest BCUT2D eigenvalue weighted by molar-refractivity contribution is 0.0434. The molecule has 1 aromatic heterocycles. The smallest absolute Gasteiger partial charge is 0.255 e. The first kappa shape index (κ1) is 16.6. The van der Waals surface area contributed by atoms with Crippen LogP contribution in [0.4, 0.5) is 0 Å². The highest BCUT2D eigenvalue weighted by Crippen LogP contribution is 2.25. The van der Waals surface area contributed by atoms with Crippen molar-refractivity contribution in [3.8, 4) is 5.69 Å². The quantitative estimate of drug-likeness (QED) is 0.821. The minimum absolute atomic E-state index is 0.0220. The maximum Gasteiger partial charge on any atom is 0.255 e. The summed E-state index contributed by atoms with van der Waals surface area (Å²) in [7, 11) is 2.10. The van der Waals surface area contributed by atoms with Crippen molar-refractivity contribution < 1.29 is 9.53 Å². The van der Waals surface area contributed by atoms with Crippen LogP contribution in [0.5, 0.6) is 0 Å². The first-order valence-corrected chi connectivity index (χ1v) is 8.86. The van der Waals surface area contributed by atoms with E-state index in [2.05, 4.69) is 17.0 Å². The monoisotopic (exact) mass is 360 g/mol. The lowest BCUT2D eigenvalue weighted by Gasteiger charge is -2.30. The molecule has 0 radical (unpaired) electrons. The van der Waals surface area contributed by atoms with Gasteiger partial charge in [-0.15, -0.1) is 0 Å². The van der Waals surface area contributed by atoms with Crippen molar-refractivity contribution in [2.24, 2.45) is 5.92 Å². The van der Waals surface area contributed by atoms with E-state index >= 15 is 0 Å². The number of carbonyl (C=O) groups excluding carboxylic acids is 1. The summed E-state index contributed by atoms with van der Waals surface area (Å²) in [5, 5.41) is 4.70. The second-order valence-corrected chi connectivity index (χ2v) is 7.23. The van der Waals surface area contributed by atoms with E-state index in [1.165, 1.54) is 0 Å². The molecule has 2 aliphatic heterocycles. The Hall–Kier alpha value is -1.89. The molecule has 6 nitrogen and oxygen atoms in total. The summed E-state index contributed by atoms with van der Waals surface area (Å²) in [6.45, 7) is 3.68. The summed E-state index contributed by atoms with van der Waals surface area (Å²) in [5.41, 5.74) is 1.35. The predicted molar refractivity (Wildman–Crippen MR) is 95.2 cm³/mol. The summed E-state index contributed by atoms with van der Waals surface area (Å²) in [5.74, 6) is 0.306. The zero-order valence-corrected chi connectivity index (χ0v) is 14.9. The van der Waals surface area contributed by atoms with Crippen LogP contribution in [0, 0.1) is 5.92 Å². The summed E-state index contributed by atoms with van der Waals surface area (Å²) in [4.78, 5) is 17.4. The van der Waals surface area contributed by atoms with Gasteiger partial charge in [0.05, 0.1) is 35.5 Å². The number of carbonyl (C=O) groups is 1. The van der Waals surface area contributed by atoms with E-state index in [9.17, 15) is 4.79 Å². The fourth-order valence-electron chi connectivity index (χ4n) is 3.63. The molecule has 4 rings (SSSR count).